The van der Waals surface area contributed by atoms with Crippen LogP contribution in [0, 0.1) is 5.82 Å². The maximum Gasteiger partial charge on any atom is 0.257 e. The molecule has 2 aromatic heterocycles. The van der Waals surface area contributed by atoms with Crippen LogP contribution in [0.3, 0.4) is 0 Å². The minimum Gasteiger partial charge on any atom is -0.491 e. The van der Waals surface area contributed by atoms with E-state index in [0.717, 1.165) is 5.57 Å². The van der Waals surface area contributed by atoms with Crippen LogP contribution in [-0.4, -0.2) is 48.0 Å². The maximum atomic E-state index is 13.4. The molecule has 2 aromatic carbocycles. The van der Waals surface area contributed by atoms with Gasteiger partial charge in [-0.15, -0.1) is 0 Å². The average molecular weight is 526 g/mol. The molecule has 39 heavy (non-hydrogen) atoms. The zero-order chi connectivity index (χ0) is 27.5. The van der Waals surface area contributed by atoms with Crippen LogP contribution in [0.1, 0.15) is 18.1 Å². The number of aliphatic imine (C=N–C) groups is 1. The first-order chi connectivity index (χ1) is 18.9. The number of halogens is 1. The molecule has 1 aliphatic rings. The van der Waals surface area contributed by atoms with Crippen molar-refractivity contribution in [1.82, 2.24) is 9.97 Å². The van der Waals surface area contributed by atoms with Gasteiger partial charge in [-0.1, -0.05) is 24.3 Å². The van der Waals surface area contributed by atoms with E-state index in [1.54, 1.807) is 49.5 Å². The Hall–Kier alpha value is -4.92. The minimum absolute atomic E-state index is 0.00264. The molecule has 3 heterocycles. The third kappa shape index (κ3) is 5.24. The van der Waals surface area contributed by atoms with Gasteiger partial charge in [0.15, 0.2) is 17.3 Å². The van der Waals surface area contributed by atoms with Crippen LogP contribution in [0.15, 0.2) is 77.4 Å². The van der Waals surface area contributed by atoms with E-state index in [9.17, 15) is 14.0 Å². The SMILES string of the molecule is COc1cc2nccc(Oc3ccc(CC(=O)C4=NCC(C)=C(c5ccc(F)cc5)C4=O)cc3)c2nc1OC. The van der Waals surface area contributed by atoms with Crippen molar-refractivity contribution in [3.63, 3.8) is 0 Å². The standard InChI is InChI=1S/C30H24FN3O5/c1-17-16-33-28(29(36)26(17)19-6-8-20(31)9-7-19)23(35)14-18-4-10-21(11-5-18)39-24-12-13-32-22-15-25(37-2)30(38-3)34-27(22)24/h4-13,15H,14,16H2,1-3H3. The highest BCUT2D eigenvalue weighted by molar-refractivity contribution is 6.74. The molecule has 0 aliphatic carbocycles. The highest BCUT2D eigenvalue weighted by atomic mass is 19.1. The van der Waals surface area contributed by atoms with E-state index in [-0.39, 0.29) is 24.5 Å². The maximum absolute atomic E-state index is 13.4. The molecule has 5 rings (SSSR count). The number of aromatic nitrogens is 2. The molecule has 0 bridgehead atoms. The zero-order valence-electron chi connectivity index (χ0n) is 21.5. The summed E-state index contributed by atoms with van der Waals surface area (Å²) in [5, 5.41) is 0. The number of ether oxygens (including phenoxy) is 3. The van der Waals surface area contributed by atoms with Crippen LogP contribution in [-0.2, 0) is 16.0 Å². The Bertz CT molecular complexity index is 1640. The highest BCUT2D eigenvalue weighted by Gasteiger charge is 2.29. The lowest BCUT2D eigenvalue weighted by atomic mass is 9.89. The molecule has 4 aromatic rings. The number of fused-ring (bicyclic) bond motifs is 1. The Morgan fingerprint density at radius 2 is 1.72 bits per heavy atom. The van der Waals surface area contributed by atoms with Crippen molar-refractivity contribution in [2.45, 2.75) is 13.3 Å². The number of rotatable bonds is 8. The first-order valence-electron chi connectivity index (χ1n) is 12.1. The first-order valence-corrected chi connectivity index (χ1v) is 12.1. The van der Waals surface area contributed by atoms with E-state index in [1.807, 2.05) is 0 Å². The van der Waals surface area contributed by atoms with Crippen molar-refractivity contribution >= 4 is 33.9 Å². The number of allylic oxidation sites excluding steroid dienone is 1. The molecule has 0 atom stereocenters. The normalized spacial score (nSPS) is 13.3. The Labute approximate surface area is 223 Å². The predicted molar refractivity (Wildman–Crippen MR) is 144 cm³/mol. The third-order valence-corrected chi connectivity index (χ3v) is 6.28. The van der Waals surface area contributed by atoms with Crippen LogP contribution < -0.4 is 14.2 Å². The van der Waals surface area contributed by atoms with Crippen molar-refractivity contribution in [1.29, 1.82) is 0 Å². The van der Waals surface area contributed by atoms with Gasteiger partial charge in [-0.3, -0.25) is 19.6 Å². The average Bonchev–Trinajstić information content (AvgIpc) is 2.94. The van der Waals surface area contributed by atoms with E-state index < -0.39 is 11.6 Å². The fourth-order valence-electron chi connectivity index (χ4n) is 4.33. The van der Waals surface area contributed by atoms with Gasteiger partial charge in [0.25, 0.3) is 5.88 Å². The summed E-state index contributed by atoms with van der Waals surface area (Å²) in [5.74, 6) is 0.544. The Balaban J connectivity index is 1.31. The van der Waals surface area contributed by atoms with Gasteiger partial charge in [0, 0.05) is 30.3 Å². The summed E-state index contributed by atoms with van der Waals surface area (Å²) in [7, 11) is 3.03. The number of Topliss-reactive ketones (excluding diaryl/α,β-unsaturated/α-hetero) is 2. The third-order valence-electron chi connectivity index (χ3n) is 6.28. The molecule has 0 radical (unpaired) electrons. The number of ketones is 2. The molecular formula is C30H24FN3O5. The molecular weight excluding hydrogens is 501 g/mol. The monoisotopic (exact) mass is 525 g/mol. The molecule has 8 nitrogen and oxygen atoms in total. The summed E-state index contributed by atoms with van der Waals surface area (Å²) in [5.41, 5.74) is 3.37. The number of hydrogen-bond acceptors (Lipinski definition) is 8. The van der Waals surface area contributed by atoms with Crippen LogP contribution in [0.2, 0.25) is 0 Å². The Morgan fingerprint density at radius 1 is 0.974 bits per heavy atom. The van der Waals surface area contributed by atoms with Gasteiger partial charge in [0.05, 0.1) is 26.3 Å². The second-order valence-corrected chi connectivity index (χ2v) is 8.88. The van der Waals surface area contributed by atoms with Crippen molar-refractivity contribution in [3.8, 4) is 23.1 Å². The second-order valence-electron chi connectivity index (χ2n) is 8.88. The van der Waals surface area contributed by atoms with Gasteiger partial charge in [0.2, 0.25) is 5.78 Å². The number of carbonyl (C=O) groups excluding carboxylic acids is 2. The fourth-order valence-corrected chi connectivity index (χ4v) is 4.33. The van der Waals surface area contributed by atoms with Gasteiger partial charge in [-0.05, 0) is 47.9 Å². The highest BCUT2D eigenvalue weighted by Crippen LogP contribution is 2.34. The van der Waals surface area contributed by atoms with Crippen LogP contribution >= 0.6 is 0 Å². The van der Waals surface area contributed by atoms with Gasteiger partial charge < -0.3 is 14.2 Å². The minimum atomic E-state index is -0.445. The van der Waals surface area contributed by atoms with Gasteiger partial charge in [0.1, 0.15) is 22.8 Å². The van der Waals surface area contributed by atoms with Gasteiger partial charge in [-0.25, -0.2) is 9.37 Å². The van der Waals surface area contributed by atoms with Crippen LogP contribution in [0.25, 0.3) is 16.6 Å². The van der Waals surface area contributed by atoms with Crippen LogP contribution in [0.4, 0.5) is 4.39 Å². The Morgan fingerprint density at radius 3 is 2.41 bits per heavy atom. The summed E-state index contributed by atoms with van der Waals surface area (Å²) >= 11 is 0. The number of benzene rings is 2. The molecule has 0 saturated carbocycles. The molecule has 0 spiro atoms. The number of hydrogen-bond donors (Lipinski definition) is 0. The molecule has 9 heteroatoms. The molecule has 0 unspecified atom stereocenters. The molecule has 0 N–H and O–H groups in total. The summed E-state index contributed by atoms with van der Waals surface area (Å²) in [6.45, 7) is 2.02. The number of dihydropyridines is 1. The van der Waals surface area contributed by atoms with Gasteiger partial charge in [-0.2, -0.15) is 0 Å². The molecule has 0 fully saturated rings. The summed E-state index contributed by atoms with van der Waals surface area (Å²) in [4.78, 5) is 39.2. The number of nitrogens with zero attached hydrogens (tertiary/aromatic N) is 3. The van der Waals surface area contributed by atoms with Crippen LogP contribution in [0.5, 0.6) is 23.1 Å². The molecule has 0 amide bonds. The van der Waals surface area contributed by atoms with Crippen molar-refractivity contribution in [2.75, 3.05) is 20.8 Å². The number of pyridine rings is 2. The zero-order valence-corrected chi connectivity index (χ0v) is 21.5. The van der Waals surface area contributed by atoms with E-state index in [4.69, 9.17) is 14.2 Å². The molecule has 1 aliphatic heterocycles. The topological polar surface area (TPSA) is 100.0 Å². The summed E-state index contributed by atoms with van der Waals surface area (Å²) < 4.78 is 30.0. The van der Waals surface area contributed by atoms with E-state index in [2.05, 4.69) is 15.0 Å². The number of carbonyl (C=O) groups is 2. The van der Waals surface area contributed by atoms with Crippen molar-refractivity contribution in [2.24, 2.45) is 4.99 Å². The van der Waals surface area contributed by atoms with E-state index in [0.29, 0.717) is 50.9 Å². The van der Waals surface area contributed by atoms with E-state index >= 15 is 0 Å². The number of methoxy groups -OCH3 is 2. The summed E-state index contributed by atoms with van der Waals surface area (Å²) in [6, 6.07) is 16.0. The fraction of sp³-hybridized carbons (Fsp3) is 0.167. The lowest BCUT2D eigenvalue weighted by Crippen LogP contribution is -2.30. The largest absolute Gasteiger partial charge is 0.491 e. The quantitative estimate of drug-likeness (QED) is 0.312. The van der Waals surface area contributed by atoms with Gasteiger partial charge >= 0.3 is 0 Å². The first kappa shape index (κ1) is 25.7. The summed E-state index contributed by atoms with van der Waals surface area (Å²) in [6.07, 6.45) is 1.61. The lowest BCUT2D eigenvalue weighted by Gasteiger charge is -2.17. The predicted octanol–water partition coefficient (Wildman–Crippen LogP) is 5.19. The van der Waals surface area contributed by atoms with Crippen molar-refractivity contribution in [3.05, 3.63) is 89.4 Å². The molecule has 196 valence electrons. The smallest absolute Gasteiger partial charge is 0.257 e. The molecule has 0 saturated heterocycles. The van der Waals surface area contributed by atoms with E-state index in [1.165, 1.54) is 38.5 Å². The lowest BCUT2D eigenvalue weighted by molar-refractivity contribution is -0.114. The van der Waals surface area contributed by atoms with Crippen molar-refractivity contribution < 1.29 is 28.2 Å². The second kappa shape index (κ2) is 10.8. The Kier molecular flexibility index (Phi) is 7.14.